The van der Waals surface area contributed by atoms with Gasteiger partial charge in [0.15, 0.2) is 0 Å². The molecule has 1 aromatic carbocycles. The Kier molecular flexibility index (Phi) is 3.95. The van der Waals surface area contributed by atoms with Gasteiger partial charge in [-0.15, -0.1) is 0 Å². The summed E-state index contributed by atoms with van der Waals surface area (Å²) in [5.41, 5.74) is 2.95. The van der Waals surface area contributed by atoms with Crippen LogP contribution >= 0.6 is 0 Å². The van der Waals surface area contributed by atoms with Crippen molar-refractivity contribution < 1.29 is 0 Å². The third kappa shape index (κ3) is 3.31. The molecule has 1 atom stereocenters. The van der Waals surface area contributed by atoms with Gasteiger partial charge in [-0.1, -0.05) is 68.1 Å². The van der Waals surface area contributed by atoms with Crippen molar-refractivity contribution in [3.05, 3.63) is 35.4 Å². The standard InChI is InChI=1S/C13H23Si2/c1-11-7-9-12(10-8-11)13(14(2)3)15(4,5)6/h7-10,13H,1-6H3. The summed E-state index contributed by atoms with van der Waals surface area (Å²) < 4.78 is 0. The molecule has 0 nitrogen and oxygen atoms in total. The van der Waals surface area contributed by atoms with Crippen LogP contribution < -0.4 is 0 Å². The van der Waals surface area contributed by atoms with Crippen LogP contribution in [0.15, 0.2) is 24.3 Å². The topological polar surface area (TPSA) is 0 Å². The van der Waals surface area contributed by atoms with Crippen LogP contribution in [0.4, 0.5) is 0 Å². The summed E-state index contributed by atoms with van der Waals surface area (Å²) in [6.07, 6.45) is 0. The van der Waals surface area contributed by atoms with E-state index in [9.17, 15) is 0 Å². The third-order valence-corrected chi connectivity index (χ3v) is 10.7. The maximum Gasteiger partial charge on any atom is 0.0490 e. The smallest absolute Gasteiger partial charge is 0.0490 e. The molecule has 0 fully saturated rings. The lowest BCUT2D eigenvalue weighted by atomic mass is 10.2. The highest BCUT2D eigenvalue weighted by Crippen LogP contribution is 2.29. The molecule has 0 saturated carbocycles. The fourth-order valence-corrected chi connectivity index (χ4v) is 11.4. The quantitative estimate of drug-likeness (QED) is 0.687. The molecular weight excluding hydrogens is 212 g/mol. The number of benzene rings is 1. The molecule has 83 valence electrons. The fourth-order valence-electron chi connectivity index (χ4n) is 2.46. The molecule has 0 saturated heterocycles. The van der Waals surface area contributed by atoms with E-state index in [0.29, 0.717) is 0 Å². The minimum absolute atomic E-state index is 0.234. The highest BCUT2D eigenvalue weighted by molar-refractivity contribution is 6.89. The van der Waals surface area contributed by atoms with Crippen LogP contribution in [0.3, 0.4) is 0 Å². The Morgan fingerprint density at radius 3 is 1.80 bits per heavy atom. The zero-order chi connectivity index (χ0) is 11.6. The Balaban J connectivity index is 3.05. The van der Waals surface area contributed by atoms with Gasteiger partial charge >= 0.3 is 0 Å². The highest BCUT2D eigenvalue weighted by atomic mass is 28.4. The molecule has 0 aliphatic carbocycles. The van der Waals surface area contributed by atoms with Crippen molar-refractivity contribution >= 4 is 16.9 Å². The Bertz CT molecular complexity index is 306. The maximum absolute atomic E-state index is 2.50. The summed E-state index contributed by atoms with van der Waals surface area (Å²) in [7, 11) is -1.30. The summed E-state index contributed by atoms with van der Waals surface area (Å²) in [5, 5.41) is 0.878. The average Bonchev–Trinajstić information content (AvgIpc) is 2.05. The van der Waals surface area contributed by atoms with Crippen LogP contribution in [0.25, 0.3) is 0 Å². The zero-order valence-electron chi connectivity index (χ0n) is 10.9. The summed E-state index contributed by atoms with van der Waals surface area (Å²) in [6, 6.07) is 9.20. The van der Waals surface area contributed by atoms with Gasteiger partial charge in [0.2, 0.25) is 0 Å². The lowest BCUT2D eigenvalue weighted by Crippen LogP contribution is -2.38. The van der Waals surface area contributed by atoms with Gasteiger partial charge in [-0.2, -0.15) is 0 Å². The summed E-state index contributed by atoms with van der Waals surface area (Å²) >= 11 is 0. The van der Waals surface area contributed by atoms with Gasteiger partial charge in [0, 0.05) is 16.9 Å². The second-order valence-corrected chi connectivity index (χ2v) is 14.4. The SMILES string of the molecule is Cc1ccc(C([Si](C)C)[Si](C)(C)C)cc1. The molecule has 1 rings (SSSR count). The predicted octanol–water partition coefficient (Wildman–Crippen LogP) is 4.25. The van der Waals surface area contributed by atoms with E-state index in [2.05, 4.69) is 63.9 Å². The van der Waals surface area contributed by atoms with Crippen molar-refractivity contribution in [2.45, 2.75) is 44.8 Å². The van der Waals surface area contributed by atoms with Crippen LogP contribution in [0, 0.1) is 6.92 Å². The Labute approximate surface area is 97.3 Å². The molecule has 0 spiro atoms. The number of rotatable bonds is 3. The van der Waals surface area contributed by atoms with Crippen LogP contribution in [0.2, 0.25) is 32.7 Å². The van der Waals surface area contributed by atoms with Gasteiger partial charge in [0.1, 0.15) is 0 Å². The molecule has 0 amide bonds. The highest BCUT2D eigenvalue weighted by Gasteiger charge is 2.31. The molecule has 0 aliphatic heterocycles. The van der Waals surface area contributed by atoms with Crippen LogP contribution in [0.5, 0.6) is 0 Å². The molecule has 0 aromatic heterocycles. The van der Waals surface area contributed by atoms with Crippen molar-refractivity contribution in [1.29, 1.82) is 0 Å². The third-order valence-electron chi connectivity index (χ3n) is 2.85. The maximum atomic E-state index is 2.50. The second kappa shape index (κ2) is 4.66. The van der Waals surface area contributed by atoms with E-state index in [1.807, 2.05) is 0 Å². The van der Waals surface area contributed by atoms with Gasteiger partial charge in [0.25, 0.3) is 0 Å². The molecule has 1 unspecified atom stereocenters. The minimum Gasteiger partial charge on any atom is -0.0710 e. The zero-order valence-corrected chi connectivity index (χ0v) is 12.9. The summed E-state index contributed by atoms with van der Waals surface area (Å²) in [6.45, 7) is 14.6. The summed E-state index contributed by atoms with van der Waals surface area (Å²) in [5.74, 6) is 0. The van der Waals surface area contributed by atoms with E-state index in [4.69, 9.17) is 0 Å². The van der Waals surface area contributed by atoms with Gasteiger partial charge < -0.3 is 0 Å². The Hall–Kier alpha value is -0.346. The molecule has 0 bridgehead atoms. The first-order valence-electron chi connectivity index (χ1n) is 5.69. The van der Waals surface area contributed by atoms with Gasteiger partial charge in [-0.3, -0.25) is 0 Å². The van der Waals surface area contributed by atoms with Crippen molar-refractivity contribution in [1.82, 2.24) is 0 Å². The van der Waals surface area contributed by atoms with Crippen molar-refractivity contribution in [2.75, 3.05) is 0 Å². The monoisotopic (exact) mass is 235 g/mol. The molecule has 0 N–H and O–H groups in total. The van der Waals surface area contributed by atoms with E-state index in [1.165, 1.54) is 5.56 Å². The van der Waals surface area contributed by atoms with Gasteiger partial charge in [-0.05, 0) is 12.1 Å². The minimum atomic E-state index is -1.06. The molecule has 0 aliphatic rings. The molecule has 15 heavy (non-hydrogen) atoms. The van der Waals surface area contributed by atoms with E-state index >= 15 is 0 Å². The Morgan fingerprint density at radius 2 is 1.47 bits per heavy atom. The largest absolute Gasteiger partial charge is 0.0710 e. The van der Waals surface area contributed by atoms with E-state index in [0.717, 1.165) is 5.16 Å². The molecule has 1 aromatic rings. The lowest BCUT2D eigenvalue weighted by molar-refractivity contribution is 1.20. The number of hydrogen-bond acceptors (Lipinski definition) is 0. The van der Waals surface area contributed by atoms with Crippen LogP contribution in [-0.2, 0) is 0 Å². The second-order valence-electron chi connectivity index (χ2n) is 5.79. The van der Waals surface area contributed by atoms with E-state index < -0.39 is 8.07 Å². The van der Waals surface area contributed by atoms with E-state index in [-0.39, 0.29) is 8.80 Å². The first kappa shape index (κ1) is 12.7. The molecule has 2 heteroatoms. The molecule has 0 heterocycles. The summed E-state index contributed by atoms with van der Waals surface area (Å²) in [4.78, 5) is 0. The average molecular weight is 235 g/mol. The van der Waals surface area contributed by atoms with Crippen molar-refractivity contribution in [3.63, 3.8) is 0 Å². The predicted molar refractivity (Wildman–Crippen MR) is 74.7 cm³/mol. The Morgan fingerprint density at radius 1 is 1.00 bits per heavy atom. The fraction of sp³-hybridized carbons (Fsp3) is 0.538. The lowest BCUT2D eigenvalue weighted by Gasteiger charge is -2.32. The van der Waals surface area contributed by atoms with Gasteiger partial charge in [0.05, 0.1) is 0 Å². The number of aryl methyl sites for hydroxylation is 1. The first-order chi connectivity index (χ1) is 6.82. The molecular formula is C13H23Si2. The first-order valence-corrected chi connectivity index (χ1v) is 11.8. The van der Waals surface area contributed by atoms with Gasteiger partial charge in [-0.25, -0.2) is 0 Å². The van der Waals surface area contributed by atoms with Crippen LogP contribution in [-0.4, -0.2) is 16.9 Å². The van der Waals surface area contributed by atoms with Crippen molar-refractivity contribution in [2.24, 2.45) is 0 Å². The normalized spacial score (nSPS) is 14.3. The molecule has 1 radical (unpaired) electrons. The van der Waals surface area contributed by atoms with Crippen molar-refractivity contribution in [3.8, 4) is 0 Å². The van der Waals surface area contributed by atoms with E-state index in [1.54, 1.807) is 5.56 Å². The number of hydrogen-bond donors (Lipinski definition) is 0. The van der Waals surface area contributed by atoms with Crippen LogP contribution in [0.1, 0.15) is 16.3 Å².